The van der Waals surface area contributed by atoms with E-state index in [1.54, 1.807) is 11.8 Å². The summed E-state index contributed by atoms with van der Waals surface area (Å²) in [7, 11) is 0. The van der Waals surface area contributed by atoms with Gasteiger partial charge in [0.05, 0.1) is 0 Å². The molecule has 1 heterocycles. The predicted octanol–water partition coefficient (Wildman–Crippen LogP) is 3.58. The van der Waals surface area contributed by atoms with Gasteiger partial charge in [0.1, 0.15) is 6.61 Å². The minimum Gasteiger partial charge on any atom is -0.472 e. The van der Waals surface area contributed by atoms with E-state index in [4.69, 9.17) is 10.5 Å². The SMILES string of the molecule is CSc1cccc(N)c1COc1nc(C)ccc1C. The Kier molecular flexibility index (Phi) is 4.32. The predicted molar refractivity (Wildman–Crippen MR) is 80.7 cm³/mol. The summed E-state index contributed by atoms with van der Waals surface area (Å²) in [6.45, 7) is 4.39. The third-order valence-corrected chi connectivity index (χ3v) is 3.75. The highest BCUT2D eigenvalue weighted by Crippen LogP contribution is 2.27. The fourth-order valence-corrected chi connectivity index (χ4v) is 2.46. The number of pyridine rings is 1. The Morgan fingerprint density at radius 1 is 1.21 bits per heavy atom. The Labute approximate surface area is 118 Å². The zero-order valence-electron chi connectivity index (χ0n) is 11.4. The van der Waals surface area contributed by atoms with Crippen LogP contribution in [0.3, 0.4) is 0 Å². The number of nitrogen functional groups attached to an aromatic ring is 1. The van der Waals surface area contributed by atoms with Crippen molar-refractivity contribution >= 4 is 17.4 Å². The number of nitrogens with two attached hydrogens (primary N) is 1. The Bertz CT molecular complexity index is 584. The maximum Gasteiger partial charge on any atom is 0.216 e. The van der Waals surface area contributed by atoms with Crippen molar-refractivity contribution in [2.24, 2.45) is 0 Å². The van der Waals surface area contributed by atoms with E-state index in [9.17, 15) is 0 Å². The van der Waals surface area contributed by atoms with Crippen LogP contribution in [0.4, 0.5) is 5.69 Å². The molecule has 100 valence electrons. The standard InChI is InChI=1S/C15H18N2OS/c1-10-7-8-11(2)17-15(10)18-9-12-13(16)5-4-6-14(12)19-3/h4-8H,9,16H2,1-3H3. The van der Waals surface area contributed by atoms with E-state index < -0.39 is 0 Å². The number of hydrogen-bond donors (Lipinski definition) is 1. The van der Waals surface area contributed by atoms with E-state index >= 15 is 0 Å². The van der Waals surface area contributed by atoms with Gasteiger partial charge >= 0.3 is 0 Å². The fraction of sp³-hybridized carbons (Fsp3) is 0.267. The zero-order chi connectivity index (χ0) is 13.8. The van der Waals surface area contributed by atoms with Crippen LogP contribution in [0, 0.1) is 13.8 Å². The second-order valence-electron chi connectivity index (χ2n) is 4.39. The Hall–Kier alpha value is -1.68. The summed E-state index contributed by atoms with van der Waals surface area (Å²) >= 11 is 1.67. The van der Waals surface area contributed by atoms with Gasteiger partial charge in [0.2, 0.25) is 5.88 Å². The first-order chi connectivity index (χ1) is 9.11. The van der Waals surface area contributed by atoms with Crippen LogP contribution in [0.25, 0.3) is 0 Å². The summed E-state index contributed by atoms with van der Waals surface area (Å²) in [5.41, 5.74) is 9.79. The quantitative estimate of drug-likeness (QED) is 0.684. The van der Waals surface area contributed by atoms with E-state index in [-0.39, 0.29) is 0 Å². The number of aromatic nitrogens is 1. The minimum absolute atomic E-state index is 0.445. The summed E-state index contributed by atoms with van der Waals surface area (Å²) in [6.07, 6.45) is 2.04. The van der Waals surface area contributed by atoms with E-state index in [0.717, 1.165) is 27.4 Å². The number of nitrogens with zero attached hydrogens (tertiary/aromatic N) is 1. The summed E-state index contributed by atoms with van der Waals surface area (Å²) in [5.74, 6) is 0.676. The highest BCUT2D eigenvalue weighted by Gasteiger charge is 2.08. The first-order valence-electron chi connectivity index (χ1n) is 6.10. The van der Waals surface area contributed by atoms with Gasteiger partial charge in [0, 0.05) is 27.4 Å². The lowest BCUT2D eigenvalue weighted by atomic mass is 10.2. The van der Waals surface area contributed by atoms with Gasteiger partial charge in [-0.3, -0.25) is 0 Å². The van der Waals surface area contributed by atoms with Crippen molar-refractivity contribution in [2.45, 2.75) is 25.3 Å². The molecule has 2 aromatic rings. The highest BCUT2D eigenvalue weighted by molar-refractivity contribution is 7.98. The molecule has 1 aromatic heterocycles. The maximum atomic E-state index is 6.02. The van der Waals surface area contributed by atoms with Gasteiger partial charge in [0.25, 0.3) is 0 Å². The fourth-order valence-electron chi connectivity index (χ4n) is 1.82. The molecule has 0 aliphatic rings. The second kappa shape index (κ2) is 5.97. The van der Waals surface area contributed by atoms with Crippen LogP contribution in [0.5, 0.6) is 5.88 Å². The molecule has 2 rings (SSSR count). The molecule has 1 aromatic carbocycles. The molecule has 0 saturated heterocycles. The van der Waals surface area contributed by atoms with Crippen molar-refractivity contribution in [1.82, 2.24) is 4.98 Å². The van der Waals surface area contributed by atoms with Crippen molar-refractivity contribution in [1.29, 1.82) is 0 Å². The van der Waals surface area contributed by atoms with Crippen LogP contribution in [-0.2, 0) is 6.61 Å². The average molecular weight is 274 g/mol. The molecule has 0 amide bonds. The van der Waals surface area contributed by atoms with Crippen molar-refractivity contribution in [3.63, 3.8) is 0 Å². The molecule has 0 aliphatic carbocycles. The van der Waals surface area contributed by atoms with E-state index in [1.807, 2.05) is 44.4 Å². The first kappa shape index (κ1) is 13.7. The Morgan fingerprint density at radius 2 is 2.00 bits per heavy atom. The van der Waals surface area contributed by atoms with Crippen molar-refractivity contribution in [3.8, 4) is 5.88 Å². The van der Waals surface area contributed by atoms with Crippen LogP contribution in [0.2, 0.25) is 0 Å². The van der Waals surface area contributed by atoms with E-state index in [0.29, 0.717) is 12.5 Å². The molecule has 0 bridgehead atoms. The second-order valence-corrected chi connectivity index (χ2v) is 5.24. The lowest BCUT2D eigenvalue weighted by Crippen LogP contribution is -2.04. The number of ether oxygens (including phenoxy) is 1. The highest BCUT2D eigenvalue weighted by atomic mass is 32.2. The number of benzene rings is 1. The van der Waals surface area contributed by atoms with Gasteiger partial charge in [-0.25, -0.2) is 4.98 Å². The van der Waals surface area contributed by atoms with Crippen LogP contribution in [0.15, 0.2) is 35.2 Å². The minimum atomic E-state index is 0.445. The van der Waals surface area contributed by atoms with Gasteiger partial charge < -0.3 is 10.5 Å². The molecule has 4 heteroatoms. The third-order valence-electron chi connectivity index (χ3n) is 2.93. The monoisotopic (exact) mass is 274 g/mol. The van der Waals surface area contributed by atoms with Gasteiger partial charge in [-0.2, -0.15) is 0 Å². The molecule has 0 radical (unpaired) electrons. The molecule has 0 saturated carbocycles. The molecular weight excluding hydrogens is 256 g/mol. The largest absolute Gasteiger partial charge is 0.472 e. The van der Waals surface area contributed by atoms with Gasteiger partial charge in [-0.1, -0.05) is 12.1 Å². The molecule has 0 spiro atoms. The first-order valence-corrected chi connectivity index (χ1v) is 7.32. The average Bonchev–Trinajstić information content (AvgIpc) is 2.40. The van der Waals surface area contributed by atoms with Crippen LogP contribution in [-0.4, -0.2) is 11.2 Å². The molecule has 2 N–H and O–H groups in total. The smallest absolute Gasteiger partial charge is 0.216 e. The number of rotatable bonds is 4. The lowest BCUT2D eigenvalue weighted by Gasteiger charge is -2.13. The van der Waals surface area contributed by atoms with Crippen LogP contribution < -0.4 is 10.5 Å². The summed E-state index contributed by atoms with van der Waals surface area (Å²) in [6, 6.07) is 9.90. The normalized spacial score (nSPS) is 10.5. The molecule has 3 nitrogen and oxygen atoms in total. The maximum absolute atomic E-state index is 6.02. The summed E-state index contributed by atoms with van der Waals surface area (Å²) in [5, 5.41) is 0. The Morgan fingerprint density at radius 3 is 2.74 bits per heavy atom. The third kappa shape index (κ3) is 3.20. The van der Waals surface area contributed by atoms with Crippen LogP contribution >= 0.6 is 11.8 Å². The molecule has 0 unspecified atom stereocenters. The van der Waals surface area contributed by atoms with E-state index in [1.165, 1.54) is 0 Å². The summed E-state index contributed by atoms with van der Waals surface area (Å²) in [4.78, 5) is 5.55. The Balaban J connectivity index is 2.21. The summed E-state index contributed by atoms with van der Waals surface area (Å²) < 4.78 is 5.82. The number of hydrogen-bond acceptors (Lipinski definition) is 4. The van der Waals surface area contributed by atoms with Gasteiger partial charge in [-0.15, -0.1) is 11.8 Å². The van der Waals surface area contributed by atoms with E-state index in [2.05, 4.69) is 11.1 Å². The van der Waals surface area contributed by atoms with Crippen LogP contribution in [0.1, 0.15) is 16.8 Å². The van der Waals surface area contributed by atoms with Gasteiger partial charge in [-0.05, 0) is 38.3 Å². The van der Waals surface area contributed by atoms with Crippen molar-refractivity contribution in [2.75, 3.05) is 12.0 Å². The number of thioether (sulfide) groups is 1. The molecule has 0 fully saturated rings. The lowest BCUT2D eigenvalue weighted by molar-refractivity contribution is 0.289. The van der Waals surface area contributed by atoms with Crippen molar-refractivity contribution < 1.29 is 4.74 Å². The number of aryl methyl sites for hydroxylation is 2. The zero-order valence-corrected chi connectivity index (χ0v) is 12.3. The molecule has 19 heavy (non-hydrogen) atoms. The molecular formula is C15H18N2OS. The number of anilines is 1. The topological polar surface area (TPSA) is 48.1 Å². The van der Waals surface area contributed by atoms with Crippen molar-refractivity contribution in [3.05, 3.63) is 47.2 Å². The molecule has 0 aliphatic heterocycles. The molecule has 0 atom stereocenters. The van der Waals surface area contributed by atoms with Gasteiger partial charge in [0.15, 0.2) is 0 Å².